The standard InChI is InChI=1S/C29H39N3O5/c1-7-18-32(27(35)24(20(3)8-2)31-28(36)37-29(4,5)6)25(22-14-16-23(33)17-15-22)26(34)30-19-21-12-10-9-11-13-21/h7,9-17,20,24-25,33H,1,8,18-19H2,2-6H3,(H,30,34)(H,31,36). The molecule has 0 radical (unpaired) electrons. The van der Waals surface area contributed by atoms with E-state index >= 15 is 0 Å². The van der Waals surface area contributed by atoms with Crippen LogP contribution in [-0.4, -0.2) is 46.1 Å². The van der Waals surface area contributed by atoms with Gasteiger partial charge in [0.05, 0.1) is 0 Å². The van der Waals surface area contributed by atoms with Crippen LogP contribution in [0, 0.1) is 5.92 Å². The van der Waals surface area contributed by atoms with Crippen LogP contribution in [0.3, 0.4) is 0 Å². The average Bonchev–Trinajstić information content (AvgIpc) is 2.85. The van der Waals surface area contributed by atoms with Crippen LogP contribution in [0.5, 0.6) is 5.75 Å². The number of carbonyl (C=O) groups excluding carboxylic acids is 3. The Morgan fingerprint density at radius 3 is 2.24 bits per heavy atom. The van der Waals surface area contributed by atoms with Crippen molar-refractivity contribution in [2.45, 2.75) is 65.3 Å². The monoisotopic (exact) mass is 509 g/mol. The molecule has 2 aromatic rings. The number of phenolic OH excluding ortho intramolecular Hbond substituents is 1. The Hall–Kier alpha value is -3.81. The zero-order chi connectivity index (χ0) is 27.6. The summed E-state index contributed by atoms with van der Waals surface area (Å²) in [7, 11) is 0. The summed E-state index contributed by atoms with van der Waals surface area (Å²) in [5.74, 6) is -1.03. The highest BCUT2D eigenvalue weighted by molar-refractivity contribution is 5.92. The van der Waals surface area contributed by atoms with Crippen molar-refractivity contribution in [3.8, 4) is 5.75 Å². The maximum absolute atomic E-state index is 14.0. The van der Waals surface area contributed by atoms with Crippen molar-refractivity contribution in [3.63, 3.8) is 0 Å². The highest BCUT2D eigenvalue weighted by Crippen LogP contribution is 2.26. The van der Waals surface area contributed by atoms with E-state index in [1.165, 1.54) is 23.1 Å². The molecule has 200 valence electrons. The fraction of sp³-hybridized carbons (Fsp3) is 0.414. The van der Waals surface area contributed by atoms with Gasteiger partial charge < -0.3 is 25.4 Å². The summed E-state index contributed by atoms with van der Waals surface area (Å²) in [6.45, 7) is 13.1. The van der Waals surface area contributed by atoms with Crippen LogP contribution >= 0.6 is 0 Å². The lowest BCUT2D eigenvalue weighted by Gasteiger charge is -2.35. The van der Waals surface area contributed by atoms with Gasteiger partial charge in [-0.1, -0.05) is 68.8 Å². The second-order valence-corrected chi connectivity index (χ2v) is 9.99. The Kier molecular flexibility index (Phi) is 10.7. The van der Waals surface area contributed by atoms with Gasteiger partial charge in [0.1, 0.15) is 23.4 Å². The molecule has 0 aromatic heterocycles. The second kappa shape index (κ2) is 13.5. The van der Waals surface area contributed by atoms with Crippen molar-refractivity contribution in [2.75, 3.05) is 6.54 Å². The third-order valence-electron chi connectivity index (χ3n) is 5.84. The fourth-order valence-electron chi connectivity index (χ4n) is 3.77. The average molecular weight is 510 g/mol. The molecule has 2 aromatic carbocycles. The summed E-state index contributed by atoms with van der Waals surface area (Å²) in [4.78, 5) is 41.6. The third kappa shape index (κ3) is 8.97. The van der Waals surface area contributed by atoms with Crippen LogP contribution < -0.4 is 10.6 Å². The van der Waals surface area contributed by atoms with Crippen LogP contribution in [0.4, 0.5) is 4.79 Å². The quantitative estimate of drug-likeness (QED) is 0.381. The van der Waals surface area contributed by atoms with E-state index in [2.05, 4.69) is 17.2 Å². The Bertz CT molecular complexity index is 1050. The second-order valence-electron chi connectivity index (χ2n) is 9.99. The number of carbonyl (C=O) groups is 3. The van der Waals surface area contributed by atoms with Gasteiger partial charge in [-0.15, -0.1) is 6.58 Å². The smallest absolute Gasteiger partial charge is 0.408 e. The zero-order valence-corrected chi connectivity index (χ0v) is 22.4. The molecule has 3 N–H and O–H groups in total. The number of ether oxygens (including phenoxy) is 1. The molecule has 3 atom stereocenters. The van der Waals surface area contributed by atoms with E-state index in [0.29, 0.717) is 12.0 Å². The molecule has 37 heavy (non-hydrogen) atoms. The van der Waals surface area contributed by atoms with Gasteiger partial charge in [-0.3, -0.25) is 9.59 Å². The minimum Gasteiger partial charge on any atom is -0.508 e. The van der Waals surface area contributed by atoms with Gasteiger partial charge in [-0.25, -0.2) is 4.79 Å². The summed E-state index contributed by atoms with van der Waals surface area (Å²) in [6, 6.07) is 13.6. The number of nitrogens with zero attached hydrogens (tertiary/aromatic N) is 1. The molecule has 8 heteroatoms. The summed E-state index contributed by atoms with van der Waals surface area (Å²) in [5.41, 5.74) is 0.685. The molecular formula is C29H39N3O5. The number of hydrogen-bond donors (Lipinski definition) is 3. The Morgan fingerprint density at radius 2 is 1.70 bits per heavy atom. The summed E-state index contributed by atoms with van der Waals surface area (Å²) >= 11 is 0. The van der Waals surface area contributed by atoms with Gasteiger partial charge >= 0.3 is 6.09 Å². The van der Waals surface area contributed by atoms with E-state index in [0.717, 1.165) is 5.56 Å². The number of rotatable bonds is 11. The van der Waals surface area contributed by atoms with Crippen molar-refractivity contribution in [1.29, 1.82) is 0 Å². The van der Waals surface area contributed by atoms with Crippen molar-refractivity contribution >= 4 is 17.9 Å². The number of amides is 3. The van der Waals surface area contributed by atoms with Crippen molar-refractivity contribution < 1.29 is 24.2 Å². The molecule has 0 aliphatic rings. The molecule has 0 aliphatic heterocycles. The maximum atomic E-state index is 14.0. The van der Waals surface area contributed by atoms with E-state index in [1.807, 2.05) is 44.2 Å². The molecule has 0 saturated heterocycles. The molecule has 0 spiro atoms. The molecule has 0 fully saturated rings. The SMILES string of the molecule is C=CCN(C(=O)C(NC(=O)OC(C)(C)C)C(C)CC)C(C(=O)NCc1ccccc1)c1ccc(O)cc1. The maximum Gasteiger partial charge on any atom is 0.408 e. The number of benzene rings is 2. The molecule has 0 saturated carbocycles. The van der Waals surface area contributed by atoms with Crippen LogP contribution in [0.15, 0.2) is 67.3 Å². The van der Waals surface area contributed by atoms with Gasteiger partial charge in [-0.2, -0.15) is 0 Å². The predicted octanol–water partition coefficient (Wildman–Crippen LogP) is 4.70. The van der Waals surface area contributed by atoms with E-state index in [9.17, 15) is 19.5 Å². The molecule has 3 unspecified atom stereocenters. The van der Waals surface area contributed by atoms with Crippen LogP contribution in [0.25, 0.3) is 0 Å². The number of alkyl carbamates (subject to hydrolysis) is 1. The molecule has 3 amide bonds. The molecule has 0 aliphatic carbocycles. The lowest BCUT2D eigenvalue weighted by molar-refractivity contribution is -0.142. The molecule has 0 bridgehead atoms. The van der Waals surface area contributed by atoms with Crippen molar-refractivity contribution in [1.82, 2.24) is 15.5 Å². The topological polar surface area (TPSA) is 108 Å². The van der Waals surface area contributed by atoms with Crippen LogP contribution in [0.1, 0.15) is 58.2 Å². The Morgan fingerprint density at radius 1 is 1.08 bits per heavy atom. The third-order valence-corrected chi connectivity index (χ3v) is 5.84. The van der Waals surface area contributed by atoms with Gasteiger partial charge in [0.2, 0.25) is 11.8 Å². The van der Waals surface area contributed by atoms with Crippen LogP contribution in [-0.2, 0) is 20.9 Å². The van der Waals surface area contributed by atoms with Gasteiger partial charge in [-0.05, 0) is 49.9 Å². The normalized spacial score (nSPS) is 13.5. The first-order valence-corrected chi connectivity index (χ1v) is 12.5. The molecule has 2 rings (SSSR count). The number of hydrogen-bond acceptors (Lipinski definition) is 5. The van der Waals surface area contributed by atoms with Crippen molar-refractivity contribution in [2.24, 2.45) is 5.92 Å². The highest BCUT2D eigenvalue weighted by Gasteiger charge is 2.37. The summed E-state index contributed by atoms with van der Waals surface area (Å²) < 4.78 is 5.40. The fourth-order valence-corrected chi connectivity index (χ4v) is 3.77. The molecular weight excluding hydrogens is 470 g/mol. The predicted molar refractivity (Wildman–Crippen MR) is 144 cm³/mol. The highest BCUT2D eigenvalue weighted by atomic mass is 16.6. The molecule has 0 heterocycles. The first-order chi connectivity index (χ1) is 17.5. The number of aromatic hydroxyl groups is 1. The minimum absolute atomic E-state index is 0.0397. The lowest BCUT2D eigenvalue weighted by Crippen LogP contribution is -2.55. The minimum atomic E-state index is -1.03. The zero-order valence-electron chi connectivity index (χ0n) is 22.4. The molecule has 8 nitrogen and oxygen atoms in total. The first-order valence-electron chi connectivity index (χ1n) is 12.5. The largest absolute Gasteiger partial charge is 0.508 e. The number of nitrogens with one attached hydrogen (secondary N) is 2. The van der Waals surface area contributed by atoms with E-state index < -0.39 is 35.6 Å². The van der Waals surface area contributed by atoms with Gasteiger partial charge in [0.15, 0.2) is 0 Å². The summed E-state index contributed by atoms with van der Waals surface area (Å²) in [5, 5.41) is 15.4. The van der Waals surface area contributed by atoms with Gasteiger partial charge in [0.25, 0.3) is 0 Å². The van der Waals surface area contributed by atoms with E-state index in [4.69, 9.17) is 4.74 Å². The Labute approximate surface area is 219 Å². The van der Waals surface area contributed by atoms with Crippen LogP contribution in [0.2, 0.25) is 0 Å². The Balaban J connectivity index is 2.43. The summed E-state index contributed by atoms with van der Waals surface area (Å²) in [6.07, 6.45) is 1.44. The van der Waals surface area contributed by atoms with Gasteiger partial charge in [0, 0.05) is 13.1 Å². The number of phenols is 1. The van der Waals surface area contributed by atoms with E-state index in [1.54, 1.807) is 32.9 Å². The lowest BCUT2D eigenvalue weighted by atomic mass is 9.95. The van der Waals surface area contributed by atoms with E-state index in [-0.39, 0.29) is 24.8 Å². The first kappa shape index (κ1) is 29.4. The van der Waals surface area contributed by atoms with Crippen molar-refractivity contribution in [3.05, 3.63) is 78.4 Å².